The second kappa shape index (κ2) is 5.46. The lowest BCUT2D eigenvalue weighted by atomic mass is 9.77. The van der Waals surface area contributed by atoms with Crippen molar-refractivity contribution >= 4 is 66.2 Å². The molecule has 5 aromatic rings. The van der Waals surface area contributed by atoms with Crippen LogP contribution < -0.4 is 0 Å². The summed E-state index contributed by atoms with van der Waals surface area (Å²) < 4.78 is 0. The highest BCUT2D eigenvalue weighted by molar-refractivity contribution is 6.42. The maximum atomic E-state index is 12.8. The topological polar surface area (TPSA) is 68.3 Å². The van der Waals surface area contributed by atoms with Gasteiger partial charge in [0.1, 0.15) is 0 Å². The van der Waals surface area contributed by atoms with Crippen molar-refractivity contribution < 1.29 is 19.2 Å². The van der Waals surface area contributed by atoms with Gasteiger partial charge in [-0.05, 0) is 57.3 Å². The minimum atomic E-state index is -0.144. The molecule has 0 saturated heterocycles. The number of carbonyl (C=O) groups is 4. The van der Waals surface area contributed by atoms with Gasteiger partial charge in [0.15, 0.2) is 23.1 Å². The zero-order chi connectivity index (χ0) is 22.0. The van der Waals surface area contributed by atoms with Gasteiger partial charge in [-0.1, -0.05) is 36.4 Å². The van der Waals surface area contributed by atoms with Crippen LogP contribution >= 0.6 is 0 Å². The van der Waals surface area contributed by atoms with Crippen LogP contribution in [0, 0.1) is 13.8 Å². The molecule has 0 atom stereocenters. The zero-order valence-corrected chi connectivity index (χ0v) is 17.5. The van der Waals surface area contributed by atoms with E-state index in [4.69, 9.17) is 0 Å². The average Bonchev–Trinajstić information content (AvgIpc) is 2.74. The van der Waals surface area contributed by atoms with Crippen LogP contribution in [-0.4, -0.2) is 23.1 Å². The average molecular weight is 416 g/mol. The summed E-state index contributed by atoms with van der Waals surface area (Å²) in [7, 11) is 0. The summed E-state index contributed by atoms with van der Waals surface area (Å²) >= 11 is 0. The Hall–Kier alpha value is -3.92. The van der Waals surface area contributed by atoms with Gasteiger partial charge < -0.3 is 0 Å². The number of ketones is 4. The molecule has 0 radical (unpaired) electrons. The quantitative estimate of drug-likeness (QED) is 0.179. The molecule has 32 heavy (non-hydrogen) atoms. The van der Waals surface area contributed by atoms with Gasteiger partial charge in [0, 0.05) is 33.0 Å². The summed E-state index contributed by atoms with van der Waals surface area (Å²) in [5.41, 5.74) is 4.15. The first-order chi connectivity index (χ1) is 15.4. The van der Waals surface area contributed by atoms with Crippen LogP contribution in [0.2, 0.25) is 0 Å². The van der Waals surface area contributed by atoms with Crippen molar-refractivity contribution in [3.63, 3.8) is 0 Å². The Balaban J connectivity index is 1.86. The van der Waals surface area contributed by atoms with E-state index in [9.17, 15) is 19.2 Å². The lowest BCUT2D eigenvalue weighted by Gasteiger charge is -2.25. The molecular weight excluding hydrogens is 400 g/mol. The molecule has 7 rings (SSSR count). The molecule has 4 nitrogen and oxygen atoms in total. The van der Waals surface area contributed by atoms with Crippen molar-refractivity contribution in [1.29, 1.82) is 0 Å². The molecule has 0 amide bonds. The standard InChI is InChI=1S/C28H16O4/c1-11-7-17-13-3-6-16-20(30)10-22(32)24-12(2)8-18(26(13)28(16)24)14-4-5-15-19(29)9-21(31)23(11)27(15)25(14)17/h3-8H,9-10H2,1-2H3. The monoisotopic (exact) mass is 416 g/mol. The summed E-state index contributed by atoms with van der Waals surface area (Å²) in [4.78, 5) is 51.1. The summed E-state index contributed by atoms with van der Waals surface area (Å²) in [6.07, 6.45) is -0.187. The normalized spacial score (nSPS) is 15.8. The second-order valence-corrected chi connectivity index (χ2v) is 9.10. The maximum absolute atomic E-state index is 12.8. The Morgan fingerprint density at radius 1 is 0.500 bits per heavy atom. The van der Waals surface area contributed by atoms with Crippen molar-refractivity contribution in [1.82, 2.24) is 0 Å². The largest absolute Gasteiger partial charge is 0.294 e. The molecule has 0 saturated carbocycles. The van der Waals surface area contributed by atoms with Crippen molar-refractivity contribution in [2.75, 3.05) is 0 Å². The Kier molecular flexibility index (Phi) is 3.03. The zero-order valence-electron chi connectivity index (χ0n) is 17.5. The summed E-state index contributed by atoms with van der Waals surface area (Å²) in [5.74, 6) is -0.553. The number of hydrogen-bond acceptors (Lipinski definition) is 4. The molecule has 0 aliphatic heterocycles. The SMILES string of the molecule is Cc1cc2c3ccc4c5c(c(C)cc(c6ccc7c(c1C(=O)CC7=O)c62)c53)C(=O)CC4=O. The smallest absolute Gasteiger partial charge is 0.171 e. The Labute approximate surface area is 182 Å². The van der Waals surface area contributed by atoms with Gasteiger partial charge in [-0.15, -0.1) is 0 Å². The van der Waals surface area contributed by atoms with Crippen LogP contribution in [0.5, 0.6) is 0 Å². The molecule has 0 bridgehead atoms. The fourth-order valence-corrected chi connectivity index (χ4v) is 6.12. The van der Waals surface area contributed by atoms with Crippen LogP contribution in [0.3, 0.4) is 0 Å². The van der Waals surface area contributed by atoms with E-state index in [0.717, 1.165) is 54.2 Å². The fourth-order valence-electron chi connectivity index (χ4n) is 6.12. The highest BCUT2D eigenvalue weighted by Gasteiger charge is 2.32. The van der Waals surface area contributed by atoms with E-state index in [-0.39, 0.29) is 36.0 Å². The lowest BCUT2D eigenvalue weighted by Crippen LogP contribution is -2.18. The molecule has 0 unspecified atom stereocenters. The minimum Gasteiger partial charge on any atom is -0.294 e. The molecule has 0 aromatic heterocycles. The van der Waals surface area contributed by atoms with Crippen molar-refractivity contribution in [3.8, 4) is 0 Å². The van der Waals surface area contributed by atoms with Gasteiger partial charge >= 0.3 is 0 Å². The van der Waals surface area contributed by atoms with Crippen LogP contribution in [0.4, 0.5) is 0 Å². The van der Waals surface area contributed by atoms with Gasteiger partial charge in [0.25, 0.3) is 0 Å². The summed E-state index contributed by atoms with van der Waals surface area (Å²) in [6, 6.07) is 11.6. The molecule has 4 heteroatoms. The first-order valence-corrected chi connectivity index (χ1v) is 10.7. The van der Waals surface area contributed by atoms with Crippen LogP contribution in [0.15, 0.2) is 36.4 Å². The van der Waals surface area contributed by atoms with E-state index in [1.807, 2.05) is 50.2 Å². The molecule has 0 heterocycles. The number of carbonyl (C=O) groups excluding carboxylic acids is 4. The number of rotatable bonds is 0. The fraction of sp³-hybridized carbons (Fsp3) is 0.143. The number of Topliss-reactive ketones (excluding diaryl/α,β-unsaturated/α-hetero) is 4. The minimum absolute atomic E-state index is 0.0934. The maximum Gasteiger partial charge on any atom is 0.171 e. The number of fused-ring (bicyclic) bond motifs is 2. The predicted molar refractivity (Wildman–Crippen MR) is 124 cm³/mol. The van der Waals surface area contributed by atoms with E-state index in [0.29, 0.717) is 22.3 Å². The van der Waals surface area contributed by atoms with Gasteiger partial charge in [-0.25, -0.2) is 0 Å². The van der Waals surface area contributed by atoms with Crippen LogP contribution in [-0.2, 0) is 0 Å². The predicted octanol–water partition coefficient (Wildman–Crippen LogP) is 5.89. The van der Waals surface area contributed by atoms with E-state index < -0.39 is 0 Å². The molecule has 2 aliphatic carbocycles. The second-order valence-electron chi connectivity index (χ2n) is 9.10. The van der Waals surface area contributed by atoms with Crippen LogP contribution in [0.1, 0.15) is 65.4 Å². The Bertz CT molecular complexity index is 1670. The highest BCUT2D eigenvalue weighted by Crippen LogP contribution is 2.47. The molecule has 152 valence electrons. The van der Waals surface area contributed by atoms with E-state index in [1.165, 1.54) is 0 Å². The van der Waals surface area contributed by atoms with E-state index >= 15 is 0 Å². The molecule has 2 aliphatic rings. The van der Waals surface area contributed by atoms with Gasteiger partial charge in [0.2, 0.25) is 0 Å². The Morgan fingerprint density at radius 2 is 0.906 bits per heavy atom. The van der Waals surface area contributed by atoms with Crippen LogP contribution in [0.25, 0.3) is 43.1 Å². The first-order valence-electron chi connectivity index (χ1n) is 10.7. The highest BCUT2D eigenvalue weighted by atomic mass is 16.2. The third kappa shape index (κ3) is 1.85. The van der Waals surface area contributed by atoms with Gasteiger partial charge in [-0.3, -0.25) is 19.2 Å². The van der Waals surface area contributed by atoms with E-state index in [2.05, 4.69) is 0 Å². The Morgan fingerprint density at radius 3 is 1.31 bits per heavy atom. The molecular formula is C28H16O4. The molecule has 0 N–H and O–H groups in total. The van der Waals surface area contributed by atoms with Crippen molar-refractivity contribution in [2.24, 2.45) is 0 Å². The summed E-state index contributed by atoms with van der Waals surface area (Å²) in [5, 5.41) is 7.06. The number of aryl methyl sites for hydroxylation is 2. The summed E-state index contributed by atoms with van der Waals surface area (Å²) in [6.45, 7) is 3.82. The molecule has 0 fully saturated rings. The van der Waals surface area contributed by atoms with E-state index in [1.54, 1.807) is 0 Å². The number of benzene rings is 5. The van der Waals surface area contributed by atoms with Gasteiger partial charge in [0.05, 0.1) is 12.8 Å². The third-order valence-electron chi connectivity index (χ3n) is 7.34. The number of hydrogen-bond donors (Lipinski definition) is 0. The third-order valence-corrected chi connectivity index (χ3v) is 7.34. The first kappa shape index (κ1) is 17.7. The lowest BCUT2D eigenvalue weighted by molar-refractivity contribution is 0.0873. The molecule has 0 spiro atoms. The van der Waals surface area contributed by atoms with Crippen molar-refractivity contribution in [2.45, 2.75) is 26.7 Å². The molecule has 5 aromatic carbocycles. The van der Waals surface area contributed by atoms with Crippen molar-refractivity contribution in [3.05, 3.63) is 69.8 Å². The van der Waals surface area contributed by atoms with Gasteiger partial charge in [-0.2, -0.15) is 0 Å².